The standard InChI is InChI=1S/C17H16N4O3/c22-15(12-23-11-13-4-2-1-3-5-13)19-10-16-20-17(21-24-16)14-6-8-18-9-7-14/h1-9H,10-12H2,(H,19,22). The lowest BCUT2D eigenvalue weighted by Crippen LogP contribution is -2.27. The minimum absolute atomic E-state index is 0.0275. The zero-order valence-electron chi connectivity index (χ0n) is 12.9. The first-order chi connectivity index (χ1) is 11.8. The maximum atomic E-state index is 11.7. The van der Waals surface area contributed by atoms with Crippen molar-refractivity contribution in [3.63, 3.8) is 0 Å². The van der Waals surface area contributed by atoms with Gasteiger partial charge in [0, 0.05) is 18.0 Å². The maximum Gasteiger partial charge on any atom is 0.246 e. The summed E-state index contributed by atoms with van der Waals surface area (Å²) in [6.07, 6.45) is 3.30. The van der Waals surface area contributed by atoms with E-state index in [0.29, 0.717) is 18.3 Å². The van der Waals surface area contributed by atoms with Gasteiger partial charge in [0.2, 0.25) is 17.6 Å². The van der Waals surface area contributed by atoms with E-state index in [4.69, 9.17) is 9.26 Å². The number of rotatable bonds is 7. The molecule has 0 aliphatic heterocycles. The van der Waals surface area contributed by atoms with Crippen LogP contribution in [0.3, 0.4) is 0 Å². The Balaban J connectivity index is 1.42. The van der Waals surface area contributed by atoms with E-state index in [1.54, 1.807) is 24.5 Å². The van der Waals surface area contributed by atoms with Gasteiger partial charge in [0.25, 0.3) is 0 Å². The first kappa shape index (κ1) is 15.8. The summed E-state index contributed by atoms with van der Waals surface area (Å²) in [6, 6.07) is 13.2. The average molecular weight is 324 g/mol. The Labute approximate surface area is 138 Å². The molecule has 0 aliphatic rings. The number of benzene rings is 1. The fourth-order valence-electron chi connectivity index (χ4n) is 2.01. The molecule has 0 fully saturated rings. The van der Waals surface area contributed by atoms with Gasteiger partial charge in [-0.1, -0.05) is 35.5 Å². The van der Waals surface area contributed by atoms with E-state index in [2.05, 4.69) is 20.4 Å². The van der Waals surface area contributed by atoms with Crippen LogP contribution in [0.1, 0.15) is 11.5 Å². The molecule has 1 aromatic carbocycles. The molecule has 0 aliphatic carbocycles. The molecular formula is C17H16N4O3. The molecule has 7 heteroatoms. The van der Waals surface area contributed by atoms with E-state index in [1.807, 2.05) is 30.3 Å². The van der Waals surface area contributed by atoms with Crippen LogP contribution in [0.5, 0.6) is 0 Å². The number of ether oxygens (including phenoxy) is 1. The van der Waals surface area contributed by atoms with Gasteiger partial charge in [-0.05, 0) is 17.7 Å². The van der Waals surface area contributed by atoms with Gasteiger partial charge in [-0.3, -0.25) is 9.78 Å². The predicted octanol–water partition coefficient (Wildman–Crippen LogP) is 1.96. The van der Waals surface area contributed by atoms with E-state index in [0.717, 1.165) is 11.1 Å². The van der Waals surface area contributed by atoms with Crippen molar-refractivity contribution in [2.75, 3.05) is 6.61 Å². The summed E-state index contributed by atoms with van der Waals surface area (Å²) in [5.74, 6) is 0.551. The summed E-state index contributed by atoms with van der Waals surface area (Å²) in [4.78, 5) is 19.9. The van der Waals surface area contributed by atoms with Crippen LogP contribution in [0, 0.1) is 0 Å². The molecule has 0 unspecified atom stereocenters. The third kappa shape index (κ3) is 4.47. The number of nitrogens with one attached hydrogen (secondary N) is 1. The summed E-state index contributed by atoms with van der Waals surface area (Å²) in [5.41, 5.74) is 1.82. The van der Waals surface area contributed by atoms with Crippen LogP contribution < -0.4 is 5.32 Å². The Bertz CT molecular complexity index is 775. The second-order valence-corrected chi connectivity index (χ2v) is 5.00. The minimum atomic E-state index is -0.241. The molecule has 2 heterocycles. The summed E-state index contributed by atoms with van der Waals surface area (Å²) in [7, 11) is 0. The van der Waals surface area contributed by atoms with Crippen LogP contribution in [-0.4, -0.2) is 27.6 Å². The third-order valence-corrected chi connectivity index (χ3v) is 3.19. The fourth-order valence-corrected chi connectivity index (χ4v) is 2.01. The van der Waals surface area contributed by atoms with E-state index < -0.39 is 0 Å². The van der Waals surface area contributed by atoms with E-state index in [-0.39, 0.29) is 19.1 Å². The minimum Gasteiger partial charge on any atom is -0.367 e. The topological polar surface area (TPSA) is 90.1 Å². The molecule has 0 atom stereocenters. The summed E-state index contributed by atoms with van der Waals surface area (Å²) < 4.78 is 10.5. The molecule has 1 amide bonds. The highest BCUT2D eigenvalue weighted by molar-refractivity contribution is 5.77. The van der Waals surface area contributed by atoms with Crippen molar-refractivity contribution < 1.29 is 14.1 Å². The first-order valence-electron chi connectivity index (χ1n) is 7.42. The Kier molecular flexibility index (Phi) is 5.26. The monoisotopic (exact) mass is 324 g/mol. The van der Waals surface area contributed by atoms with Crippen molar-refractivity contribution in [2.45, 2.75) is 13.2 Å². The smallest absolute Gasteiger partial charge is 0.246 e. The van der Waals surface area contributed by atoms with Gasteiger partial charge in [-0.25, -0.2) is 0 Å². The number of amides is 1. The molecule has 0 radical (unpaired) electrons. The third-order valence-electron chi connectivity index (χ3n) is 3.19. The number of hydrogen-bond donors (Lipinski definition) is 1. The van der Waals surface area contributed by atoms with Crippen molar-refractivity contribution in [2.24, 2.45) is 0 Å². The molecule has 0 saturated carbocycles. The number of aromatic nitrogens is 3. The normalized spacial score (nSPS) is 10.5. The van der Waals surface area contributed by atoms with Crippen molar-refractivity contribution in [1.29, 1.82) is 0 Å². The van der Waals surface area contributed by atoms with Gasteiger partial charge in [-0.15, -0.1) is 0 Å². The molecule has 3 aromatic rings. The number of nitrogens with zero attached hydrogens (tertiary/aromatic N) is 3. The molecule has 122 valence electrons. The van der Waals surface area contributed by atoms with Gasteiger partial charge in [0.1, 0.15) is 6.61 Å². The van der Waals surface area contributed by atoms with Crippen LogP contribution in [-0.2, 0) is 22.7 Å². The molecule has 7 nitrogen and oxygen atoms in total. The highest BCUT2D eigenvalue weighted by Crippen LogP contribution is 2.13. The van der Waals surface area contributed by atoms with Crippen LogP contribution in [0.15, 0.2) is 59.4 Å². The Morgan fingerprint density at radius 3 is 2.71 bits per heavy atom. The second kappa shape index (κ2) is 7.98. The fraction of sp³-hybridized carbons (Fsp3) is 0.176. The SMILES string of the molecule is O=C(COCc1ccccc1)NCc1nc(-c2ccncc2)no1. The van der Waals surface area contributed by atoms with E-state index in [9.17, 15) is 4.79 Å². The molecule has 0 saturated heterocycles. The zero-order valence-corrected chi connectivity index (χ0v) is 12.9. The summed E-state index contributed by atoms with van der Waals surface area (Å²) in [5, 5.41) is 6.55. The quantitative estimate of drug-likeness (QED) is 0.714. The maximum absolute atomic E-state index is 11.7. The Morgan fingerprint density at radius 1 is 1.12 bits per heavy atom. The van der Waals surface area contributed by atoms with Crippen LogP contribution >= 0.6 is 0 Å². The van der Waals surface area contributed by atoms with Gasteiger partial charge in [0.05, 0.1) is 13.2 Å². The zero-order chi connectivity index (χ0) is 16.6. The predicted molar refractivity (Wildman–Crippen MR) is 85.5 cm³/mol. The summed E-state index contributed by atoms with van der Waals surface area (Å²) in [6.45, 7) is 0.521. The van der Waals surface area contributed by atoms with Gasteiger partial charge in [0.15, 0.2) is 0 Å². The molecule has 0 spiro atoms. The highest BCUT2D eigenvalue weighted by atomic mass is 16.5. The highest BCUT2D eigenvalue weighted by Gasteiger charge is 2.09. The number of carbonyl (C=O) groups is 1. The van der Waals surface area contributed by atoms with Crippen molar-refractivity contribution in [3.05, 3.63) is 66.3 Å². The number of carbonyl (C=O) groups excluding carboxylic acids is 1. The van der Waals surface area contributed by atoms with E-state index >= 15 is 0 Å². The van der Waals surface area contributed by atoms with E-state index in [1.165, 1.54) is 0 Å². The molecular weight excluding hydrogens is 308 g/mol. The molecule has 3 rings (SSSR count). The van der Waals surface area contributed by atoms with Crippen molar-refractivity contribution >= 4 is 5.91 Å². The Hall–Kier alpha value is -3.06. The van der Waals surface area contributed by atoms with Crippen LogP contribution in [0.4, 0.5) is 0 Å². The van der Waals surface area contributed by atoms with Crippen LogP contribution in [0.2, 0.25) is 0 Å². The molecule has 0 bridgehead atoms. The largest absolute Gasteiger partial charge is 0.367 e. The lowest BCUT2D eigenvalue weighted by Gasteiger charge is -2.04. The lowest BCUT2D eigenvalue weighted by molar-refractivity contribution is -0.126. The van der Waals surface area contributed by atoms with Gasteiger partial charge >= 0.3 is 0 Å². The van der Waals surface area contributed by atoms with Crippen molar-refractivity contribution in [1.82, 2.24) is 20.4 Å². The first-order valence-corrected chi connectivity index (χ1v) is 7.42. The number of hydrogen-bond acceptors (Lipinski definition) is 6. The lowest BCUT2D eigenvalue weighted by atomic mass is 10.2. The summed E-state index contributed by atoms with van der Waals surface area (Å²) >= 11 is 0. The molecule has 24 heavy (non-hydrogen) atoms. The number of pyridine rings is 1. The van der Waals surface area contributed by atoms with Gasteiger partial charge < -0.3 is 14.6 Å². The average Bonchev–Trinajstić information content (AvgIpc) is 3.11. The second-order valence-electron chi connectivity index (χ2n) is 5.00. The molecule has 2 aromatic heterocycles. The van der Waals surface area contributed by atoms with Gasteiger partial charge in [-0.2, -0.15) is 4.98 Å². The molecule has 1 N–H and O–H groups in total. The Morgan fingerprint density at radius 2 is 1.92 bits per heavy atom. The van der Waals surface area contributed by atoms with Crippen LogP contribution in [0.25, 0.3) is 11.4 Å². The van der Waals surface area contributed by atoms with Crippen molar-refractivity contribution in [3.8, 4) is 11.4 Å².